The van der Waals surface area contributed by atoms with E-state index in [-0.39, 0.29) is 12.0 Å². The molecule has 0 saturated carbocycles. The molecule has 21 heavy (non-hydrogen) atoms. The summed E-state index contributed by atoms with van der Waals surface area (Å²) in [6.45, 7) is 4.84. The van der Waals surface area contributed by atoms with E-state index < -0.39 is 0 Å². The van der Waals surface area contributed by atoms with E-state index in [4.69, 9.17) is 4.74 Å². The second kappa shape index (κ2) is 6.41. The SMILES string of the molecule is CN1CCN(c2ccc(NC(=O)C3CCCO3)nc2)CC1. The molecule has 0 aliphatic carbocycles. The number of likely N-dealkylation sites (N-methyl/N-ethyl adjacent to an activating group) is 1. The maximum atomic E-state index is 11.9. The summed E-state index contributed by atoms with van der Waals surface area (Å²) in [7, 11) is 2.14. The molecule has 114 valence electrons. The van der Waals surface area contributed by atoms with E-state index >= 15 is 0 Å². The largest absolute Gasteiger partial charge is 0.368 e. The van der Waals surface area contributed by atoms with Gasteiger partial charge < -0.3 is 19.9 Å². The number of carbonyl (C=O) groups is 1. The zero-order chi connectivity index (χ0) is 14.7. The maximum absolute atomic E-state index is 11.9. The van der Waals surface area contributed by atoms with E-state index in [0.717, 1.165) is 44.7 Å². The molecule has 6 heteroatoms. The molecule has 0 aromatic carbocycles. The van der Waals surface area contributed by atoms with Crippen LogP contribution >= 0.6 is 0 Å². The number of hydrogen-bond acceptors (Lipinski definition) is 5. The summed E-state index contributed by atoms with van der Waals surface area (Å²) in [4.78, 5) is 20.9. The van der Waals surface area contributed by atoms with Crippen LogP contribution in [0.5, 0.6) is 0 Å². The van der Waals surface area contributed by atoms with Gasteiger partial charge in [-0.3, -0.25) is 4.79 Å². The molecule has 2 aliphatic heterocycles. The standard InChI is InChI=1S/C15H22N4O2/c1-18-6-8-19(9-7-18)12-4-5-14(16-11-12)17-15(20)13-3-2-10-21-13/h4-5,11,13H,2-3,6-10H2,1H3,(H,16,17,20). The second-order valence-electron chi connectivity index (χ2n) is 5.68. The third-order valence-electron chi connectivity index (χ3n) is 4.09. The van der Waals surface area contributed by atoms with Crippen LogP contribution in [0.15, 0.2) is 18.3 Å². The topological polar surface area (TPSA) is 57.7 Å². The summed E-state index contributed by atoms with van der Waals surface area (Å²) in [5.74, 6) is 0.501. The van der Waals surface area contributed by atoms with Gasteiger partial charge in [0.05, 0.1) is 11.9 Å². The summed E-state index contributed by atoms with van der Waals surface area (Å²) < 4.78 is 5.36. The van der Waals surface area contributed by atoms with Gasteiger partial charge in [-0.05, 0) is 32.0 Å². The van der Waals surface area contributed by atoms with Crippen LogP contribution < -0.4 is 10.2 Å². The number of anilines is 2. The molecule has 3 rings (SSSR count). The molecule has 1 amide bonds. The number of amides is 1. The molecule has 2 saturated heterocycles. The van der Waals surface area contributed by atoms with Crippen LogP contribution in [0.25, 0.3) is 0 Å². The Morgan fingerprint density at radius 3 is 2.76 bits per heavy atom. The lowest BCUT2D eigenvalue weighted by Gasteiger charge is -2.33. The Morgan fingerprint density at radius 2 is 2.14 bits per heavy atom. The molecule has 3 heterocycles. The van der Waals surface area contributed by atoms with Crippen LogP contribution in [0.2, 0.25) is 0 Å². The monoisotopic (exact) mass is 290 g/mol. The Morgan fingerprint density at radius 1 is 1.33 bits per heavy atom. The fraction of sp³-hybridized carbons (Fsp3) is 0.600. The van der Waals surface area contributed by atoms with Crippen molar-refractivity contribution in [1.29, 1.82) is 0 Å². The van der Waals surface area contributed by atoms with Gasteiger partial charge in [-0.2, -0.15) is 0 Å². The molecule has 0 bridgehead atoms. The van der Waals surface area contributed by atoms with Gasteiger partial charge in [0.25, 0.3) is 5.91 Å². The number of piperazine rings is 1. The summed E-state index contributed by atoms with van der Waals surface area (Å²) in [6.07, 6.45) is 3.26. The van der Waals surface area contributed by atoms with E-state index in [9.17, 15) is 4.79 Å². The summed E-state index contributed by atoms with van der Waals surface area (Å²) in [5, 5.41) is 2.82. The van der Waals surface area contributed by atoms with Crippen LogP contribution in [0.1, 0.15) is 12.8 Å². The van der Waals surface area contributed by atoms with Gasteiger partial charge in [-0.25, -0.2) is 4.98 Å². The van der Waals surface area contributed by atoms with E-state index in [1.165, 1.54) is 0 Å². The predicted molar refractivity (Wildman–Crippen MR) is 81.6 cm³/mol. The first-order chi connectivity index (χ1) is 10.2. The third kappa shape index (κ3) is 3.51. The molecule has 1 unspecified atom stereocenters. The van der Waals surface area contributed by atoms with Crippen molar-refractivity contribution < 1.29 is 9.53 Å². The summed E-state index contributed by atoms with van der Waals surface area (Å²) in [5.41, 5.74) is 1.11. The van der Waals surface area contributed by atoms with Crippen LogP contribution in [0, 0.1) is 0 Å². The zero-order valence-corrected chi connectivity index (χ0v) is 12.4. The van der Waals surface area contributed by atoms with Gasteiger partial charge in [-0.1, -0.05) is 0 Å². The lowest BCUT2D eigenvalue weighted by atomic mass is 10.2. The van der Waals surface area contributed by atoms with Crippen molar-refractivity contribution in [1.82, 2.24) is 9.88 Å². The van der Waals surface area contributed by atoms with Crippen molar-refractivity contribution in [2.75, 3.05) is 50.1 Å². The summed E-state index contributed by atoms with van der Waals surface area (Å²) in [6, 6.07) is 3.88. The number of rotatable bonds is 3. The molecule has 1 atom stereocenters. The van der Waals surface area contributed by atoms with Gasteiger partial charge in [0.1, 0.15) is 11.9 Å². The van der Waals surface area contributed by atoms with Crippen molar-refractivity contribution in [2.45, 2.75) is 18.9 Å². The highest BCUT2D eigenvalue weighted by atomic mass is 16.5. The summed E-state index contributed by atoms with van der Waals surface area (Å²) >= 11 is 0. The van der Waals surface area contributed by atoms with Crippen molar-refractivity contribution >= 4 is 17.4 Å². The number of ether oxygens (including phenoxy) is 1. The van der Waals surface area contributed by atoms with Gasteiger partial charge in [-0.15, -0.1) is 0 Å². The van der Waals surface area contributed by atoms with Crippen molar-refractivity contribution in [3.05, 3.63) is 18.3 Å². The molecule has 1 N–H and O–H groups in total. The normalized spacial score (nSPS) is 23.3. The van der Waals surface area contributed by atoms with Crippen LogP contribution in [0.3, 0.4) is 0 Å². The molecule has 0 spiro atoms. The zero-order valence-electron chi connectivity index (χ0n) is 12.4. The Bertz CT molecular complexity index is 477. The van der Waals surface area contributed by atoms with Crippen LogP contribution in [-0.4, -0.2) is 61.7 Å². The first kappa shape index (κ1) is 14.3. The molecule has 1 aromatic heterocycles. The fourth-order valence-corrected chi connectivity index (χ4v) is 2.70. The number of nitrogens with one attached hydrogen (secondary N) is 1. The van der Waals surface area contributed by atoms with Crippen molar-refractivity contribution in [3.8, 4) is 0 Å². The highest BCUT2D eigenvalue weighted by Gasteiger charge is 2.23. The highest BCUT2D eigenvalue weighted by Crippen LogP contribution is 2.18. The van der Waals surface area contributed by atoms with Gasteiger partial charge >= 0.3 is 0 Å². The van der Waals surface area contributed by atoms with E-state index in [0.29, 0.717) is 12.4 Å². The third-order valence-corrected chi connectivity index (χ3v) is 4.09. The van der Waals surface area contributed by atoms with Crippen LogP contribution in [0.4, 0.5) is 11.5 Å². The minimum absolute atomic E-state index is 0.0904. The Balaban J connectivity index is 1.57. The molecule has 1 aromatic rings. The minimum Gasteiger partial charge on any atom is -0.368 e. The Kier molecular flexibility index (Phi) is 4.36. The minimum atomic E-state index is -0.316. The maximum Gasteiger partial charge on any atom is 0.254 e. The Hall–Kier alpha value is -1.66. The Labute approximate surface area is 125 Å². The smallest absolute Gasteiger partial charge is 0.254 e. The number of carbonyl (C=O) groups excluding carboxylic acids is 1. The molecule has 6 nitrogen and oxygen atoms in total. The van der Waals surface area contributed by atoms with Crippen LogP contribution in [-0.2, 0) is 9.53 Å². The van der Waals surface area contributed by atoms with E-state index in [1.54, 1.807) is 0 Å². The van der Waals surface area contributed by atoms with Gasteiger partial charge in [0.15, 0.2) is 0 Å². The fourth-order valence-electron chi connectivity index (χ4n) is 2.70. The molecule has 2 fully saturated rings. The number of aromatic nitrogens is 1. The van der Waals surface area contributed by atoms with Crippen molar-refractivity contribution in [3.63, 3.8) is 0 Å². The lowest BCUT2D eigenvalue weighted by molar-refractivity contribution is -0.124. The lowest BCUT2D eigenvalue weighted by Crippen LogP contribution is -2.44. The molecular weight excluding hydrogens is 268 g/mol. The average Bonchev–Trinajstić information content (AvgIpc) is 3.03. The van der Waals surface area contributed by atoms with E-state index in [2.05, 4.69) is 27.1 Å². The molecular formula is C15H22N4O2. The van der Waals surface area contributed by atoms with Gasteiger partial charge in [0.2, 0.25) is 0 Å². The van der Waals surface area contributed by atoms with E-state index in [1.807, 2.05) is 18.3 Å². The predicted octanol–water partition coefficient (Wildman–Crippen LogP) is 0.951. The number of pyridine rings is 1. The quantitative estimate of drug-likeness (QED) is 0.898. The molecule has 2 aliphatic rings. The number of nitrogens with zero attached hydrogens (tertiary/aromatic N) is 3. The first-order valence-corrected chi connectivity index (χ1v) is 7.54. The second-order valence-corrected chi connectivity index (χ2v) is 5.68. The highest BCUT2D eigenvalue weighted by molar-refractivity contribution is 5.93. The number of hydrogen-bond donors (Lipinski definition) is 1. The first-order valence-electron chi connectivity index (χ1n) is 7.54. The van der Waals surface area contributed by atoms with Gasteiger partial charge in [0, 0.05) is 32.8 Å². The molecule has 0 radical (unpaired) electrons. The average molecular weight is 290 g/mol. The van der Waals surface area contributed by atoms with Crippen molar-refractivity contribution in [2.24, 2.45) is 0 Å².